The van der Waals surface area contributed by atoms with Crippen molar-refractivity contribution in [2.24, 2.45) is 0 Å². The van der Waals surface area contributed by atoms with Crippen molar-refractivity contribution in [1.29, 1.82) is 0 Å². The summed E-state index contributed by atoms with van der Waals surface area (Å²) in [5.41, 5.74) is 0. The number of thiophene rings is 1. The molecule has 0 radical (unpaired) electrons. The van der Waals surface area contributed by atoms with E-state index in [4.69, 9.17) is 0 Å². The van der Waals surface area contributed by atoms with Crippen LogP contribution in [0.2, 0.25) is 0 Å². The molecule has 1 unspecified atom stereocenters. The summed E-state index contributed by atoms with van der Waals surface area (Å²) in [7, 11) is 0. The van der Waals surface area contributed by atoms with E-state index in [0.29, 0.717) is 12.5 Å². The van der Waals surface area contributed by atoms with E-state index in [0.717, 1.165) is 31.1 Å². The lowest BCUT2D eigenvalue weighted by Gasteiger charge is -2.26. The molecule has 1 aromatic rings. The maximum absolute atomic E-state index is 12.3. The lowest BCUT2D eigenvalue weighted by atomic mass is 10.2. The van der Waals surface area contributed by atoms with Crippen LogP contribution in [0.5, 0.6) is 0 Å². The highest BCUT2D eigenvalue weighted by Crippen LogP contribution is 2.15. The predicted octanol–water partition coefficient (Wildman–Crippen LogP) is 2.61. The van der Waals surface area contributed by atoms with E-state index in [-0.39, 0.29) is 18.3 Å². The second-order valence-electron chi connectivity index (χ2n) is 4.42. The molecule has 0 bridgehead atoms. The summed E-state index contributed by atoms with van der Waals surface area (Å²) < 4.78 is 0. The van der Waals surface area contributed by atoms with E-state index in [1.807, 2.05) is 22.7 Å². The van der Waals surface area contributed by atoms with Gasteiger partial charge in [0.05, 0.1) is 6.54 Å². The third-order valence-corrected chi connectivity index (χ3v) is 5.07. The van der Waals surface area contributed by atoms with Gasteiger partial charge in [0.1, 0.15) is 0 Å². The zero-order valence-electron chi connectivity index (χ0n) is 11.1. The zero-order chi connectivity index (χ0) is 12.8. The first-order valence-corrected chi connectivity index (χ1v) is 8.44. The number of thioether (sulfide) groups is 1. The highest BCUT2D eigenvalue weighted by Gasteiger charge is 2.20. The first-order chi connectivity index (χ1) is 8.79. The number of rotatable bonds is 5. The molecule has 0 aliphatic carbocycles. The van der Waals surface area contributed by atoms with E-state index in [1.165, 1.54) is 4.88 Å². The molecule has 1 atom stereocenters. The summed E-state index contributed by atoms with van der Waals surface area (Å²) >= 11 is 3.65. The number of nitrogens with one attached hydrogen (secondary N) is 1. The lowest BCUT2D eigenvalue weighted by Crippen LogP contribution is -2.42. The first kappa shape index (κ1) is 16.8. The monoisotopic (exact) mass is 320 g/mol. The maximum atomic E-state index is 12.3. The van der Waals surface area contributed by atoms with Crippen LogP contribution in [-0.2, 0) is 11.3 Å². The minimum Gasteiger partial charge on any atom is -0.338 e. The number of carbonyl (C=O) groups is 1. The third kappa shape index (κ3) is 5.34. The molecule has 1 aliphatic rings. The van der Waals surface area contributed by atoms with Gasteiger partial charge in [-0.15, -0.1) is 23.7 Å². The van der Waals surface area contributed by atoms with E-state index >= 15 is 0 Å². The summed E-state index contributed by atoms with van der Waals surface area (Å²) in [6.45, 7) is 4.62. The fourth-order valence-electron chi connectivity index (χ4n) is 2.06. The van der Waals surface area contributed by atoms with Gasteiger partial charge in [0.15, 0.2) is 0 Å². The smallest absolute Gasteiger partial charge is 0.224 e. The molecule has 0 spiro atoms. The summed E-state index contributed by atoms with van der Waals surface area (Å²) in [5, 5.41) is 5.48. The molecule has 1 fully saturated rings. The maximum Gasteiger partial charge on any atom is 0.224 e. The normalized spacial score (nSPS) is 18.7. The number of halogens is 1. The fraction of sp³-hybridized carbons (Fsp3) is 0.615. The Kier molecular flexibility index (Phi) is 7.83. The van der Waals surface area contributed by atoms with Crippen LogP contribution in [0.25, 0.3) is 0 Å². The van der Waals surface area contributed by atoms with Gasteiger partial charge in [0.2, 0.25) is 5.91 Å². The Labute approximate surface area is 129 Å². The van der Waals surface area contributed by atoms with Crippen LogP contribution in [-0.4, -0.2) is 41.4 Å². The Morgan fingerprint density at radius 1 is 1.58 bits per heavy atom. The minimum absolute atomic E-state index is 0. The van der Waals surface area contributed by atoms with Crippen LogP contribution < -0.4 is 5.32 Å². The highest BCUT2D eigenvalue weighted by atomic mass is 35.5. The Balaban J connectivity index is 0.00000180. The Morgan fingerprint density at radius 3 is 3.00 bits per heavy atom. The number of nitrogens with zero attached hydrogens (tertiary/aromatic N) is 1. The van der Waals surface area contributed by atoms with E-state index in [1.54, 1.807) is 11.3 Å². The summed E-state index contributed by atoms with van der Waals surface area (Å²) in [5.74, 6) is 2.49. The molecule has 2 heterocycles. The topological polar surface area (TPSA) is 32.3 Å². The van der Waals surface area contributed by atoms with E-state index < -0.39 is 0 Å². The van der Waals surface area contributed by atoms with Gasteiger partial charge in [-0.25, -0.2) is 0 Å². The van der Waals surface area contributed by atoms with Crippen molar-refractivity contribution < 1.29 is 4.79 Å². The second-order valence-corrected chi connectivity index (χ2v) is 6.60. The van der Waals surface area contributed by atoms with Crippen molar-refractivity contribution >= 4 is 41.4 Å². The van der Waals surface area contributed by atoms with Gasteiger partial charge in [-0.3, -0.25) is 4.79 Å². The minimum atomic E-state index is 0. The Morgan fingerprint density at radius 2 is 2.42 bits per heavy atom. The number of hydrogen-bond acceptors (Lipinski definition) is 4. The van der Waals surface area contributed by atoms with Crippen molar-refractivity contribution in [3.8, 4) is 0 Å². The molecule has 108 valence electrons. The van der Waals surface area contributed by atoms with Crippen LogP contribution in [0.1, 0.15) is 18.2 Å². The number of amides is 1. The summed E-state index contributed by atoms with van der Waals surface area (Å²) in [4.78, 5) is 15.5. The molecular formula is C13H21ClN2OS2. The van der Waals surface area contributed by atoms with Gasteiger partial charge in [-0.1, -0.05) is 6.07 Å². The van der Waals surface area contributed by atoms with Gasteiger partial charge in [-0.2, -0.15) is 11.8 Å². The molecule has 1 aliphatic heterocycles. The summed E-state index contributed by atoms with van der Waals surface area (Å²) in [6.07, 6.45) is 0.631. The van der Waals surface area contributed by atoms with E-state index in [2.05, 4.69) is 23.7 Å². The molecule has 3 nitrogen and oxygen atoms in total. The van der Waals surface area contributed by atoms with Crippen LogP contribution >= 0.6 is 35.5 Å². The SMILES string of the molecule is CCN(Cc1cccs1)C(=O)CC1CSCCN1.Cl. The zero-order valence-corrected chi connectivity index (χ0v) is 13.6. The van der Waals surface area contributed by atoms with Gasteiger partial charge in [-0.05, 0) is 18.4 Å². The molecule has 0 saturated carbocycles. The van der Waals surface area contributed by atoms with Gasteiger partial charge in [0.25, 0.3) is 0 Å². The van der Waals surface area contributed by atoms with Crippen LogP contribution in [0.15, 0.2) is 17.5 Å². The summed E-state index contributed by atoms with van der Waals surface area (Å²) in [6, 6.07) is 4.49. The second kappa shape index (κ2) is 8.84. The van der Waals surface area contributed by atoms with Gasteiger partial charge >= 0.3 is 0 Å². The fourth-order valence-corrected chi connectivity index (χ4v) is 3.73. The van der Waals surface area contributed by atoms with Crippen molar-refractivity contribution in [3.05, 3.63) is 22.4 Å². The standard InChI is InChI=1S/C13H20N2OS2.ClH/c1-2-15(9-12-4-3-6-18-12)13(16)8-11-10-17-7-5-14-11;/h3-4,6,11,14H,2,5,7-10H2,1H3;1H. The van der Waals surface area contributed by atoms with Crippen molar-refractivity contribution in [2.45, 2.75) is 25.9 Å². The average Bonchev–Trinajstić information content (AvgIpc) is 2.90. The van der Waals surface area contributed by atoms with E-state index in [9.17, 15) is 4.79 Å². The van der Waals surface area contributed by atoms with Gasteiger partial charge < -0.3 is 10.2 Å². The molecule has 1 aromatic heterocycles. The van der Waals surface area contributed by atoms with Crippen molar-refractivity contribution in [3.63, 3.8) is 0 Å². The molecule has 0 aromatic carbocycles. The molecule has 1 N–H and O–H groups in total. The lowest BCUT2D eigenvalue weighted by molar-refractivity contribution is -0.132. The molecule has 2 rings (SSSR count). The molecule has 1 amide bonds. The number of carbonyl (C=O) groups excluding carboxylic acids is 1. The van der Waals surface area contributed by atoms with Crippen LogP contribution in [0.4, 0.5) is 0 Å². The average molecular weight is 321 g/mol. The quantitative estimate of drug-likeness (QED) is 0.905. The molecule has 19 heavy (non-hydrogen) atoms. The number of hydrogen-bond donors (Lipinski definition) is 1. The largest absolute Gasteiger partial charge is 0.338 e. The Hall–Kier alpha value is -0.230. The van der Waals surface area contributed by atoms with Gasteiger partial charge in [0, 0.05) is 41.9 Å². The predicted molar refractivity (Wildman–Crippen MR) is 86.4 cm³/mol. The van der Waals surface area contributed by atoms with Crippen molar-refractivity contribution in [1.82, 2.24) is 10.2 Å². The third-order valence-electron chi connectivity index (χ3n) is 3.08. The first-order valence-electron chi connectivity index (χ1n) is 6.41. The Bertz CT molecular complexity index is 367. The van der Waals surface area contributed by atoms with Crippen molar-refractivity contribution in [2.75, 3.05) is 24.6 Å². The molecule has 6 heteroatoms. The molecular weight excluding hydrogens is 300 g/mol. The highest BCUT2D eigenvalue weighted by molar-refractivity contribution is 7.99. The van der Waals surface area contributed by atoms with Crippen LogP contribution in [0, 0.1) is 0 Å². The van der Waals surface area contributed by atoms with Crippen LogP contribution in [0.3, 0.4) is 0 Å². The molecule has 1 saturated heterocycles.